The summed E-state index contributed by atoms with van der Waals surface area (Å²) in [6, 6.07) is 14.0. The third-order valence-corrected chi connectivity index (χ3v) is 2.66. The van der Waals surface area contributed by atoms with E-state index in [0.717, 1.165) is 12.1 Å². The molecule has 0 aliphatic rings. The summed E-state index contributed by atoms with van der Waals surface area (Å²) < 4.78 is 1.49. The molecule has 0 fully saturated rings. The van der Waals surface area contributed by atoms with Gasteiger partial charge in [-0.1, -0.05) is 35.5 Å². The normalized spacial score (nSPS) is 9.67. The van der Waals surface area contributed by atoms with Gasteiger partial charge in [0.2, 0.25) is 0 Å². The second-order valence-electron chi connectivity index (χ2n) is 3.80. The second kappa shape index (κ2) is 5.60. The maximum atomic E-state index is 8.95. The van der Waals surface area contributed by atoms with Crippen molar-refractivity contribution in [2.24, 2.45) is 0 Å². The van der Waals surface area contributed by atoms with E-state index in [1.54, 1.807) is 0 Å². The largest absolute Gasteiger partial charge is 0.234 e. The molecule has 2 rings (SSSR count). The van der Waals surface area contributed by atoms with E-state index < -0.39 is 0 Å². The van der Waals surface area contributed by atoms with Gasteiger partial charge in [0.15, 0.2) is 5.69 Å². The Hall–Kier alpha value is -2.66. The lowest BCUT2D eigenvalue weighted by Gasteiger charge is -2.03. The van der Waals surface area contributed by atoms with Crippen molar-refractivity contribution in [3.63, 3.8) is 0 Å². The molecule has 18 heavy (non-hydrogen) atoms. The van der Waals surface area contributed by atoms with E-state index in [-0.39, 0.29) is 6.54 Å². The summed E-state index contributed by atoms with van der Waals surface area (Å²) in [6.07, 6.45) is 1.45. The first-order valence-corrected chi connectivity index (χ1v) is 5.58. The zero-order chi connectivity index (χ0) is 12.8. The lowest BCUT2D eigenvalue weighted by atomic mass is 10.1. The molecule has 1 aromatic heterocycles. The van der Waals surface area contributed by atoms with Gasteiger partial charge in [0.05, 0.1) is 11.8 Å². The Kier molecular flexibility index (Phi) is 3.68. The average molecular weight is 237 g/mol. The predicted octanol–water partition coefficient (Wildman–Crippen LogP) is 1.46. The summed E-state index contributed by atoms with van der Waals surface area (Å²) in [4.78, 5) is 0. The van der Waals surface area contributed by atoms with Crippen LogP contribution < -0.4 is 0 Å². The molecule has 5 nitrogen and oxygen atoms in total. The number of rotatable bonds is 4. The van der Waals surface area contributed by atoms with Crippen LogP contribution in [0.1, 0.15) is 17.0 Å². The summed E-state index contributed by atoms with van der Waals surface area (Å²) >= 11 is 0. The molecule has 1 aromatic carbocycles. The van der Waals surface area contributed by atoms with Gasteiger partial charge < -0.3 is 0 Å². The van der Waals surface area contributed by atoms with Crippen LogP contribution in [0.5, 0.6) is 0 Å². The molecule has 0 amide bonds. The molecule has 0 atom stereocenters. The minimum Gasteiger partial charge on any atom is -0.234 e. The van der Waals surface area contributed by atoms with Gasteiger partial charge in [-0.15, -0.1) is 5.10 Å². The van der Waals surface area contributed by atoms with E-state index in [1.165, 1.54) is 10.2 Å². The lowest BCUT2D eigenvalue weighted by molar-refractivity contribution is 0.632. The first-order valence-electron chi connectivity index (χ1n) is 5.58. The fraction of sp³-hybridized carbons (Fsp3) is 0.231. The van der Waals surface area contributed by atoms with Gasteiger partial charge in [-0.2, -0.15) is 10.5 Å². The quantitative estimate of drug-likeness (QED) is 0.806. The summed E-state index contributed by atoms with van der Waals surface area (Å²) in [5.74, 6) is 0. The number of benzene rings is 1. The highest BCUT2D eigenvalue weighted by atomic mass is 15.4. The van der Waals surface area contributed by atoms with Crippen molar-refractivity contribution in [3.8, 4) is 12.1 Å². The molecule has 1 heterocycles. The molecule has 0 spiro atoms. The minimum absolute atomic E-state index is 0.124. The maximum absolute atomic E-state index is 8.95. The number of nitrogens with zero attached hydrogens (tertiary/aromatic N) is 5. The molecule has 0 saturated heterocycles. The maximum Gasteiger partial charge on any atom is 0.185 e. The molecule has 5 heteroatoms. The summed E-state index contributed by atoms with van der Waals surface area (Å²) in [5, 5.41) is 25.2. The Balaban J connectivity index is 2.16. The topological polar surface area (TPSA) is 78.3 Å². The zero-order valence-electron chi connectivity index (χ0n) is 9.74. The van der Waals surface area contributed by atoms with Crippen LogP contribution in [0.4, 0.5) is 0 Å². The number of nitriles is 2. The van der Waals surface area contributed by atoms with Gasteiger partial charge in [0, 0.05) is 0 Å². The van der Waals surface area contributed by atoms with E-state index in [1.807, 2.05) is 42.5 Å². The van der Waals surface area contributed by atoms with Crippen molar-refractivity contribution in [3.05, 3.63) is 47.3 Å². The Labute approximate surface area is 105 Å². The van der Waals surface area contributed by atoms with Crippen molar-refractivity contribution in [2.75, 3.05) is 0 Å². The average Bonchev–Trinajstić information content (AvgIpc) is 2.80. The Morgan fingerprint density at radius 2 is 1.89 bits per heavy atom. The summed E-state index contributed by atoms with van der Waals surface area (Å²) in [7, 11) is 0. The van der Waals surface area contributed by atoms with E-state index in [4.69, 9.17) is 10.5 Å². The fourth-order valence-corrected chi connectivity index (χ4v) is 1.77. The van der Waals surface area contributed by atoms with Crippen LogP contribution >= 0.6 is 0 Å². The van der Waals surface area contributed by atoms with Crippen LogP contribution in [0.15, 0.2) is 30.3 Å². The van der Waals surface area contributed by atoms with Gasteiger partial charge in [0.25, 0.3) is 0 Å². The zero-order valence-corrected chi connectivity index (χ0v) is 9.74. The molecule has 88 valence electrons. The Morgan fingerprint density at radius 3 is 2.56 bits per heavy atom. The van der Waals surface area contributed by atoms with Crippen LogP contribution in [0, 0.1) is 22.7 Å². The molecule has 0 unspecified atom stereocenters. The van der Waals surface area contributed by atoms with Crippen LogP contribution in [0.2, 0.25) is 0 Å². The van der Waals surface area contributed by atoms with E-state index in [0.29, 0.717) is 12.1 Å². The van der Waals surface area contributed by atoms with E-state index in [2.05, 4.69) is 10.3 Å². The van der Waals surface area contributed by atoms with Gasteiger partial charge in [-0.05, 0) is 18.4 Å². The van der Waals surface area contributed by atoms with Crippen molar-refractivity contribution < 1.29 is 0 Å². The smallest absolute Gasteiger partial charge is 0.185 e. The molecule has 0 bridgehead atoms. The van der Waals surface area contributed by atoms with Crippen molar-refractivity contribution in [1.29, 1.82) is 10.5 Å². The van der Waals surface area contributed by atoms with Gasteiger partial charge in [0.1, 0.15) is 12.6 Å². The molecule has 0 aliphatic heterocycles. The molecule has 0 aliphatic carbocycles. The fourth-order valence-electron chi connectivity index (χ4n) is 1.77. The first kappa shape index (κ1) is 11.8. The molecule has 0 radical (unpaired) electrons. The molecular formula is C13H11N5. The van der Waals surface area contributed by atoms with Crippen LogP contribution in [0.25, 0.3) is 0 Å². The number of aromatic nitrogens is 3. The van der Waals surface area contributed by atoms with E-state index >= 15 is 0 Å². The molecule has 0 N–H and O–H groups in total. The van der Waals surface area contributed by atoms with Crippen molar-refractivity contribution in [2.45, 2.75) is 19.4 Å². The second-order valence-corrected chi connectivity index (χ2v) is 3.80. The van der Waals surface area contributed by atoms with E-state index in [9.17, 15) is 0 Å². The SMILES string of the molecule is N#CCn1nnc(C#N)c1CCc1ccccc1. The highest BCUT2D eigenvalue weighted by Crippen LogP contribution is 2.09. The van der Waals surface area contributed by atoms with Crippen LogP contribution in [-0.4, -0.2) is 15.0 Å². The summed E-state index contributed by atoms with van der Waals surface area (Å²) in [5.41, 5.74) is 2.22. The number of aryl methyl sites for hydroxylation is 1. The summed E-state index contributed by atoms with van der Waals surface area (Å²) in [6.45, 7) is 0.124. The molecule has 2 aromatic rings. The monoisotopic (exact) mass is 237 g/mol. The number of hydrogen-bond acceptors (Lipinski definition) is 4. The Morgan fingerprint density at radius 1 is 1.11 bits per heavy atom. The molecular weight excluding hydrogens is 226 g/mol. The van der Waals surface area contributed by atoms with Crippen LogP contribution in [-0.2, 0) is 19.4 Å². The Bertz CT molecular complexity index is 601. The van der Waals surface area contributed by atoms with Gasteiger partial charge in [-0.3, -0.25) is 0 Å². The van der Waals surface area contributed by atoms with Gasteiger partial charge >= 0.3 is 0 Å². The third kappa shape index (κ3) is 2.53. The minimum atomic E-state index is 0.124. The molecule has 0 saturated carbocycles. The predicted molar refractivity (Wildman–Crippen MR) is 64.2 cm³/mol. The lowest BCUT2D eigenvalue weighted by Crippen LogP contribution is -2.06. The van der Waals surface area contributed by atoms with Crippen molar-refractivity contribution in [1.82, 2.24) is 15.0 Å². The first-order chi connectivity index (χ1) is 8.85. The highest BCUT2D eigenvalue weighted by molar-refractivity contribution is 5.26. The number of hydrogen-bond donors (Lipinski definition) is 0. The highest BCUT2D eigenvalue weighted by Gasteiger charge is 2.11. The van der Waals surface area contributed by atoms with Crippen molar-refractivity contribution >= 4 is 0 Å². The van der Waals surface area contributed by atoms with Gasteiger partial charge in [-0.25, -0.2) is 4.68 Å². The van der Waals surface area contributed by atoms with Crippen LogP contribution in [0.3, 0.4) is 0 Å². The standard InChI is InChI=1S/C13H11N5/c14-8-9-18-13(12(10-15)16-17-18)7-6-11-4-2-1-3-5-11/h1-5H,6-7,9H2. The third-order valence-electron chi connectivity index (χ3n) is 2.66.